The fourth-order valence-corrected chi connectivity index (χ4v) is 7.99. The van der Waals surface area contributed by atoms with E-state index in [0.717, 1.165) is 17.1 Å². The number of hydrogen-bond acceptors (Lipinski definition) is 14. The number of Topliss-reactive ketones (excluding diaryl/α,β-unsaturated/α-hetero) is 1. The summed E-state index contributed by atoms with van der Waals surface area (Å²) in [6, 6.07) is 6.11. The number of esters is 1. The van der Waals surface area contributed by atoms with Gasteiger partial charge in [0.05, 0.1) is 38.8 Å². The van der Waals surface area contributed by atoms with E-state index in [0.29, 0.717) is 41.1 Å². The van der Waals surface area contributed by atoms with Crippen molar-refractivity contribution in [2.24, 2.45) is 11.1 Å². The number of fused-ring (bicyclic) bond motifs is 1. The molecule has 246 valence electrons. The van der Waals surface area contributed by atoms with Crippen LogP contribution in [0.25, 0.3) is 0 Å². The minimum absolute atomic E-state index is 0.00610. The molecule has 46 heavy (non-hydrogen) atoms. The van der Waals surface area contributed by atoms with Crippen LogP contribution in [0.1, 0.15) is 17.8 Å². The van der Waals surface area contributed by atoms with Crippen molar-refractivity contribution in [3.05, 3.63) is 59.0 Å². The second-order valence-electron chi connectivity index (χ2n) is 11.5. The minimum Gasteiger partial charge on any atom is -0.497 e. The molecule has 0 radical (unpaired) electrons. The first-order valence-corrected chi connectivity index (χ1v) is 16.4. The van der Waals surface area contributed by atoms with E-state index >= 15 is 0 Å². The van der Waals surface area contributed by atoms with Crippen molar-refractivity contribution in [2.75, 3.05) is 52.5 Å². The van der Waals surface area contributed by atoms with Gasteiger partial charge in [0.25, 0.3) is 5.91 Å². The number of benzene rings is 1. The maximum Gasteiger partial charge on any atom is 0.335 e. The van der Waals surface area contributed by atoms with Gasteiger partial charge in [0.15, 0.2) is 10.9 Å². The number of anilines is 1. The Balaban J connectivity index is 1.36. The standard InChI is InChI=1S/C30H36N6O8S2/c1-36(12-19(38)11-18(36)13-37)10-4-5-17-15-45-26-22(21(17)29(41)44-14-16-6-8-20(42-2)9-7-16)25(39)23(26)32-28(40)24(34-43-3)27-33-30(31)46-35-27/h4-9,18-19,22-23,26,37-38H,10-15H2,1-3H3,(H2-,31,32,33,35,40)/p+1/b5-4+,34-24-/t18-,19+,22?,23+,26-,36?/m0/s1. The second kappa shape index (κ2) is 14.3. The molecule has 3 aliphatic rings. The minimum atomic E-state index is -0.892. The molecule has 1 aromatic heterocycles. The number of ether oxygens (including phenoxy) is 2. The summed E-state index contributed by atoms with van der Waals surface area (Å²) in [5.41, 5.74) is 7.10. The number of allylic oxidation sites excluding steroid dienone is 1. The molecule has 1 amide bonds. The van der Waals surface area contributed by atoms with E-state index in [-0.39, 0.29) is 47.3 Å². The largest absolute Gasteiger partial charge is 0.497 e. The van der Waals surface area contributed by atoms with Crippen LogP contribution in [0.3, 0.4) is 0 Å². The van der Waals surface area contributed by atoms with Gasteiger partial charge in [-0.2, -0.15) is 21.1 Å². The SMILES string of the molecule is CO/N=C(\C(=O)N[C@@H]1C(=O)C2C(C(=O)OCc3ccc(OC)cc3)=C(/C=C/C[N+]3(C)C[C@H](O)C[C@H]3CO)CS[C@@H]21)c1nsc(N)n1. The molecule has 1 saturated heterocycles. The van der Waals surface area contributed by atoms with Crippen molar-refractivity contribution in [3.8, 4) is 5.75 Å². The van der Waals surface area contributed by atoms with Crippen molar-refractivity contribution in [1.82, 2.24) is 14.7 Å². The highest BCUT2D eigenvalue weighted by Gasteiger charge is 2.56. The third kappa shape index (κ3) is 6.95. The first kappa shape index (κ1) is 33.5. The molecule has 0 bridgehead atoms. The van der Waals surface area contributed by atoms with Crippen molar-refractivity contribution in [1.29, 1.82) is 0 Å². The van der Waals surface area contributed by atoms with Gasteiger partial charge in [0.2, 0.25) is 11.5 Å². The molecule has 1 aromatic carbocycles. The van der Waals surface area contributed by atoms with Crippen LogP contribution >= 0.6 is 23.3 Å². The number of aliphatic hydroxyl groups excluding tert-OH is 2. The fraction of sp³-hybridized carbons (Fsp3) is 0.467. The zero-order valence-corrected chi connectivity index (χ0v) is 27.3. The number of nitrogens with one attached hydrogen (secondary N) is 1. The lowest BCUT2D eigenvalue weighted by atomic mass is 9.71. The van der Waals surface area contributed by atoms with Gasteiger partial charge in [-0.05, 0) is 29.3 Å². The number of nitrogens with zero attached hydrogens (tertiary/aromatic N) is 4. The lowest BCUT2D eigenvalue weighted by Gasteiger charge is -2.46. The molecule has 2 aliphatic heterocycles. The number of methoxy groups -OCH3 is 1. The molecule has 16 heteroatoms. The van der Waals surface area contributed by atoms with E-state index in [1.165, 1.54) is 18.9 Å². The molecule has 0 spiro atoms. The molecule has 3 heterocycles. The molecule has 1 saturated carbocycles. The van der Waals surface area contributed by atoms with Crippen LogP contribution in [-0.2, 0) is 30.6 Å². The molecule has 5 N–H and O–H groups in total. The van der Waals surface area contributed by atoms with Crippen LogP contribution in [-0.4, -0.2) is 118 Å². The molecule has 1 aliphatic carbocycles. The Hall–Kier alpha value is -3.83. The summed E-state index contributed by atoms with van der Waals surface area (Å²) in [5.74, 6) is -1.42. The lowest BCUT2D eigenvalue weighted by Crippen LogP contribution is -2.66. The van der Waals surface area contributed by atoms with Gasteiger partial charge >= 0.3 is 5.97 Å². The summed E-state index contributed by atoms with van der Waals surface area (Å²) < 4.78 is 15.4. The van der Waals surface area contributed by atoms with Gasteiger partial charge in [-0.3, -0.25) is 9.59 Å². The number of hydrogen-bond donors (Lipinski definition) is 4. The molecular formula is C30H37N6O8S2+. The fourth-order valence-electron chi connectivity index (χ4n) is 6.07. The van der Waals surface area contributed by atoms with Crippen LogP contribution in [0.15, 0.2) is 52.7 Å². The maximum absolute atomic E-state index is 13.7. The van der Waals surface area contributed by atoms with Crippen LogP contribution in [0.4, 0.5) is 5.13 Å². The van der Waals surface area contributed by atoms with E-state index < -0.39 is 35.2 Å². The zero-order chi connectivity index (χ0) is 33.0. The Bertz CT molecular complexity index is 1560. The van der Waals surface area contributed by atoms with E-state index in [2.05, 4.69) is 19.8 Å². The molecule has 14 nitrogen and oxygen atoms in total. The van der Waals surface area contributed by atoms with Gasteiger partial charge < -0.3 is 40.1 Å². The zero-order valence-electron chi connectivity index (χ0n) is 25.6. The number of nitrogens with two attached hydrogens (primary N) is 1. The highest BCUT2D eigenvalue weighted by atomic mass is 32.2. The predicted octanol–water partition coefficient (Wildman–Crippen LogP) is 0.447. The summed E-state index contributed by atoms with van der Waals surface area (Å²) >= 11 is 2.35. The number of oxime groups is 1. The number of quaternary nitrogens is 1. The van der Waals surface area contributed by atoms with Gasteiger partial charge in [-0.25, -0.2) is 4.79 Å². The molecule has 6 atom stereocenters. The Morgan fingerprint density at radius 1 is 1.26 bits per heavy atom. The number of carbonyl (C=O) groups is 3. The first-order valence-electron chi connectivity index (χ1n) is 14.6. The number of aliphatic hydroxyl groups is 2. The lowest BCUT2D eigenvalue weighted by molar-refractivity contribution is -0.917. The topological polar surface area (TPSA) is 196 Å². The normalized spacial score (nSPS) is 27.7. The smallest absolute Gasteiger partial charge is 0.335 e. The number of nitrogen functional groups attached to an aromatic ring is 1. The van der Waals surface area contributed by atoms with E-state index in [4.69, 9.17) is 20.0 Å². The Labute approximate surface area is 274 Å². The summed E-state index contributed by atoms with van der Waals surface area (Å²) in [5, 5.41) is 26.2. The number of aromatic nitrogens is 2. The average molecular weight is 674 g/mol. The van der Waals surface area contributed by atoms with Crippen molar-refractivity contribution < 1.29 is 43.4 Å². The summed E-state index contributed by atoms with van der Waals surface area (Å²) in [4.78, 5) is 49.2. The number of rotatable bonds is 12. The second-order valence-corrected chi connectivity index (χ2v) is 13.5. The van der Waals surface area contributed by atoms with Crippen molar-refractivity contribution >= 4 is 51.8 Å². The van der Waals surface area contributed by atoms with Crippen LogP contribution in [0, 0.1) is 5.92 Å². The third-order valence-corrected chi connectivity index (χ3v) is 10.5. The quantitative estimate of drug-likeness (QED) is 0.105. The Morgan fingerprint density at radius 3 is 2.67 bits per heavy atom. The number of likely N-dealkylation sites (tertiary alicyclic amines) is 1. The summed E-state index contributed by atoms with van der Waals surface area (Å²) in [7, 11) is 4.81. The number of carbonyl (C=O) groups excluding carboxylic acids is 3. The van der Waals surface area contributed by atoms with Crippen LogP contribution < -0.4 is 15.8 Å². The Morgan fingerprint density at radius 2 is 2.02 bits per heavy atom. The number of ketones is 1. The Kier molecular flexibility index (Phi) is 10.4. The van der Waals surface area contributed by atoms with Gasteiger partial charge in [-0.1, -0.05) is 23.4 Å². The third-order valence-electron chi connectivity index (χ3n) is 8.55. The van der Waals surface area contributed by atoms with Crippen molar-refractivity contribution in [2.45, 2.75) is 36.5 Å². The monoisotopic (exact) mass is 673 g/mol. The molecule has 5 rings (SSSR count). The van der Waals surface area contributed by atoms with Gasteiger partial charge in [0, 0.05) is 29.0 Å². The van der Waals surface area contributed by atoms with Crippen LogP contribution in [0.2, 0.25) is 0 Å². The number of likely N-dealkylation sites (N-methyl/N-ethyl adjacent to an activating group) is 1. The van der Waals surface area contributed by atoms with E-state index in [1.807, 2.05) is 19.2 Å². The van der Waals surface area contributed by atoms with Gasteiger partial charge in [0.1, 0.15) is 44.2 Å². The number of amides is 1. The first-order chi connectivity index (χ1) is 22.1. The summed E-state index contributed by atoms with van der Waals surface area (Å²) in [6.07, 6.45) is 3.76. The van der Waals surface area contributed by atoms with Crippen LogP contribution in [0.5, 0.6) is 5.75 Å². The average Bonchev–Trinajstić information content (AvgIpc) is 3.61. The summed E-state index contributed by atoms with van der Waals surface area (Å²) in [6.45, 7) is 0.967. The predicted molar refractivity (Wildman–Crippen MR) is 171 cm³/mol. The highest BCUT2D eigenvalue weighted by molar-refractivity contribution is 8.00. The maximum atomic E-state index is 13.7. The number of thioether (sulfide) groups is 1. The van der Waals surface area contributed by atoms with E-state index in [1.54, 1.807) is 31.4 Å². The highest BCUT2D eigenvalue weighted by Crippen LogP contribution is 2.46. The molecule has 2 unspecified atom stereocenters. The van der Waals surface area contributed by atoms with E-state index in [9.17, 15) is 24.6 Å². The van der Waals surface area contributed by atoms with Gasteiger partial charge in [-0.15, -0.1) is 0 Å². The van der Waals surface area contributed by atoms with Crippen molar-refractivity contribution in [3.63, 3.8) is 0 Å². The molecule has 2 fully saturated rings. The molecular weight excluding hydrogens is 636 g/mol. The molecule has 2 aromatic rings.